The van der Waals surface area contributed by atoms with Crippen molar-refractivity contribution in [3.8, 4) is 0 Å². The number of ether oxygens (including phenoxy) is 2. The molecule has 8 heteroatoms. The molecule has 1 aromatic heterocycles. The average molecular weight is 480 g/mol. The van der Waals surface area contributed by atoms with Gasteiger partial charge in [0.2, 0.25) is 0 Å². The van der Waals surface area contributed by atoms with Crippen LogP contribution in [-0.2, 0) is 22.4 Å². The number of piperidine rings is 1. The van der Waals surface area contributed by atoms with Crippen molar-refractivity contribution in [3.05, 3.63) is 53.0 Å². The first-order valence-corrected chi connectivity index (χ1v) is 12.9. The van der Waals surface area contributed by atoms with Crippen molar-refractivity contribution >= 4 is 11.7 Å². The van der Waals surface area contributed by atoms with E-state index in [9.17, 15) is 4.79 Å². The third-order valence-corrected chi connectivity index (χ3v) is 7.75. The summed E-state index contributed by atoms with van der Waals surface area (Å²) in [6.45, 7) is 6.60. The van der Waals surface area contributed by atoms with E-state index in [-0.39, 0.29) is 12.0 Å². The summed E-state index contributed by atoms with van der Waals surface area (Å²) in [5, 5.41) is 3.76. The van der Waals surface area contributed by atoms with Gasteiger partial charge in [0, 0.05) is 57.5 Å². The molecule has 0 bridgehead atoms. The summed E-state index contributed by atoms with van der Waals surface area (Å²) in [7, 11) is 1.75. The maximum atomic E-state index is 13.5. The molecule has 0 spiro atoms. The lowest BCUT2D eigenvalue weighted by molar-refractivity contribution is -0.0533. The van der Waals surface area contributed by atoms with E-state index in [0.717, 1.165) is 76.3 Å². The van der Waals surface area contributed by atoms with Crippen LogP contribution in [0.1, 0.15) is 52.9 Å². The van der Waals surface area contributed by atoms with Crippen molar-refractivity contribution in [1.29, 1.82) is 0 Å². The number of aryl methyl sites for hydroxylation is 1. The predicted molar refractivity (Wildman–Crippen MR) is 135 cm³/mol. The number of methoxy groups -OCH3 is 1. The normalized spacial score (nSPS) is 23.6. The fraction of sp³-hybridized carbons (Fsp3) is 0.593. The standard InChI is InChI=1S/C27H37N5O3/c1-19-25(28-18-29-26(19)32-12-5-8-20-6-3-4-7-21(20)16-32)27(33)31-13-9-22(10-14-31)30-23-11-15-35-17-24(23)34-2/h3-4,6-7,18,22-24,30H,5,8-17H2,1-2H3. The highest BCUT2D eigenvalue weighted by molar-refractivity contribution is 5.94. The summed E-state index contributed by atoms with van der Waals surface area (Å²) in [6, 6.07) is 9.32. The van der Waals surface area contributed by atoms with Gasteiger partial charge in [-0.15, -0.1) is 0 Å². The first-order valence-electron chi connectivity index (χ1n) is 12.9. The largest absolute Gasteiger partial charge is 0.379 e. The maximum Gasteiger partial charge on any atom is 0.272 e. The van der Waals surface area contributed by atoms with E-state index in [4.69, 9.17) is 9.47 Å². The van der Waals surface area contributed by atoms with Crippen LogP contribution in [0.4, 0.5) is 5.82 Å². The van der Waals surface area contributed by atoms with Crippen molar-refractivity contribution in [1.82, 2.24) is 20.2 Å². The Morgan fingerprint density at radius 3 is 2.71 bits per heavy atom. The lowest BCUT2D eigenvalue weighted by Gasteiger charge is -2.38. The molecule has 0 saturated carbocycles. The molecule has 188 valence electrons. The molecular formula is C27H37N5O3. The van der Waals surface area contributed by atoms with Crippen molar-refractivity contribution in [2.24, 2.45) is 0 Å². The summed E-state index contributed by atoms with van der Waals surface area (Å²) in [5.74, 6) is 0.891. The molecule has 2 fully saturated rings. The second-order valence-corrected chi connectivity index (χ2v) is 9.94. The number of likely N-dealkylation sites (tertiary alicyclic amines) is 1. The number of rotatable bonds is 5. The van der Waals surface area contributed by atoms with Crippen molar-refractivity contribution < 1.29 is 14.3 Å². The third-order valence-electron chi connectivity index (χ3n) is 7.75. The highest BCUT2D eigenvalue weighted by Gasteiger charge is 2.31. The number of nitrogens with zero attached hydrogens (tertiary/aromatic N) is 4. The molecule has 1 N–H and O–H groups in total. The maximum absolute atomic E-state index is 13.5. The zero-order valence-corrected chi connectivity index (χ0v) is 20.9. The number of amides is 1. The molecule has 1 aromatic carbocycles. The number of carbonyl (C=O) groups is 1. The minimum atomic E-state index is 0.0145. The number of anilines is 1. The first-order chi connectivity index (χ1) is 17.1. The van der Waals surface area contributed by atoms with E-state index in [1.807, 2.05) is 11.8 Å². The monoisotopic (exact) mass is 479 g/mol. The fourth-order valence-electron chi connectivity index (χ4n) is 5.69. The van der Waals surface area contributed by atoms with E-state index >= 15 is 0 Å². The molecule has 2 saturated heterocycles. The second-order valence-electron chi connectivity index (χ2n) is 9.94. The quantitative estimate of drug-likeness (QED) is 0.706. The van der Waals surface area contributed by atoms with Crippen LogP contribution in [0.5, 0.6) is 0 Å². The van der Waals surface area contributed by atoms with Gasteiger partial charge < -0.3 is 24.6 Å². The van der Waals surface area contributed by atoms with Gasteiger partial charge in [-0.25, -0.2) is 9.97 Å². The lowest BCUT2D eigenvalue weighted by Crippen LogP contribution is -2.54. The Hall–Kier alpha value is -2.55. The number of fused-ring (bicyclic) bond motifs is 1. The predicted octanol–water partition coefficient (Wildman–Crippen LogP) is 2.74. The highest BCUT2D eigenvalue weighted by atomic mass is 16.5. The molecular weight excluding hydrogens is 442 g/mol. The molecule has 8 nitrogen and oxygen atoms in total. The Morgan fingerprint density at radius 2 is 1.91 bits per heavy atom. The summed E-state index contributed by atoms with van der Waals surface area (Å²) < 4.78 is 11.1. The zero-order chi connectivity index (χ0) is 24.2. The number of hydrogen-bond acceptors (Lipinski definition) is 7. The van der Waals surface area contributed by atoms with Gasteiger partial charge in [0.15, 0.2) is 0 Å². The number of nitrogens with one attached hydrogen (secondary N) is 1. The minimum Gasteiger partial charge on any atom is -0.379 e. The molecule has 2 atom stereocenters. The molecule has 0 aliphatic carbocycles. The summed E-state index contributed by atoms with van der Waals surface area (Å²) in [6.07, 6.45) is 6.61. The average Bonchev–Trinajstić information content (AvgIpc) is 3.12. The van der Waals surface area contributed by atoms with Gasteiger partial charge in [-0.2, -0.15) is 0 Å². The van der Waals surface area contributed by atoms with Gasteiger partial charge >= 0.3 is 0 Å². The molecule has 2 aromatic rings. The number of carbonyl (C=O) groups excluding carboxylic acids is 1. The molecule has 3 aliphatic heterocycles. The number of aromatic nitrogens is 2. The van der Waals surface area contributed by atoms with Crippen LogP contribution in [0.15, 0.2) is 30.6 Å². The molecule has 3 aliphatic rings. The smallest absolute Gasteiger partial charge is 0.272 e. The van der Waals surface area contributed by atoms with Crippen LogP contribution in [0, 0.1) is 6.92 Å². The van der Waals surface area contributed by atoms with Crippen LogP contribution >= 0.6 is 0 Å². The Balaban J connectivity index is 1.23. The number of benzene rings is 1. The molecule has 4 heterocycles. The van der Waals surface area contributed by atoms with Gasteiger partial charge in [-0.05, 0) is 50.2 Å². The van der Waals surface area contributed by atoms with Crippen LogP contribution in [-0.4, -0.2) is 78.9 Å². The Morgan fingerprint density at radius 1 is 1.11 bits per heavy atom. The van der Waals surface area contributed by atoms with E-state index in [1.165, 1.54) is 11.1 Å². The van der Waals surface area contributed by atoms with Gasteiger partial charge in [0.25, 0.3) is 5.91 Å². The van der Waals surface area contributed by atoms with Crippen molar-refractivity contribution in [2.75, 3.05) is 44.9 Å². The molecule has 2 unspecified atom stereocenters. The molecule has 1 amide bonds. The van der Waals surface area contributed by atoms with Crippen LogP contribution in [0.25, 0.3) is 0 Å². The third kappa shape index (κ3) is 5.34. The van der Waals surface area contributed by atoms with Crippen LogP contribution < -0.4 is 10.2 Å². The Bertz CT molecular complexity index is 1020. The van der Waals surface area contributed by atoms with E-state index < -0.39 is 0 Å². The topological polar surface area (TPSA) is 79.8 Å². The van der Waals surface area contributed by atoms with Crippen molar-refractivity contribution in [3.63, 3.8) is 0 Å². The molecule has 0 radical (unpaired) electrons. The number of hydrogen-bond donors (Lipinski definition) is 1. The van der Waals surface area contributed by atoms with E-state index in [2.05, 4.69) is 44.5 Å². The van der Waals surface area contributed by atoms with Gasteiger partial charge in [-0.3, -0.25) is 4.79 Å². The summed E-state index contributed by atoms with van der Waals surface area (Å²) >= 11 is 0. The summed E-state index contributed by atoms with van der Waals surface area (Å²) in [4.78, 5) is 26.8. The van der Waals surface area contributed by atoms with Gasteiger partial charge in [-0.1, -0.05) is 24.3 Å². The lowest BCUT2D eigenvalue weighted by atomic mass is 9.99. The second kappa shape index (κ2) is 11.0. The molecule has 35 heavy (non-hydrogen) atoms. The molecule has 5 rings (SSSR count). The SMILES string of the molecule is COC1COCCC1NC1CCN(C(=O)c2ncnc(N3CCCc4ccccc4C3)c2C)CC1. The Labute approximate surface area is 208 Å². The Kier molecular flexibility index (Phi) is 7.60. The van der Waals surface area contributed by atoms with Crippen molar-refractivity contribution in [2.45, 2.75) is 63.8 Å². The van der Waals surface area contributed by atoms with Gasteiger partial charge in [0.05, 0.1) is 12.7 Å². The highest BCUT2D eigenvalue weighted by Crippen LogP contribution is 2.27. The van der Waals surface area contributed by atoms with E-state index in [0.29, 0.717) is 24.4 Å². The zero-order valence-electron chi connectivity index (χ0n) is 20.9. The van der Waals surface area contributed by atoms with Gasteiger partial charge in [0.1, 0.15) is 17.8 Å². The first kappa shape index (κ1) is 24.2. The summed E-state index contributed by atoms with van der Waals surface area (Å²) in [5.41, 5.74) is 4.16. The van der Waals surface area contributed by atoms with E-state index in [1.54, 1.807) is 13.4 Å². The minimum absolute atomic E-state index is 0.0145. The fourth-order valence-corrected chi connectivity index (χ4v) is 5.69. The van der Waals surface area contributed by atoms with Crippen LogP contribution in [0.2, 0.25) is 0 Å². The van der Waals surface area contributed by atoms with Crippen LogP contribution in [0.3, 0.4) is 0 Å².